The van der Waals surface area contributed by atoms with Crippen LogP contribution in [0.25, 0.3) is 0 Å². The number of carbonyl (C=O) groups excluding carboxylic acids is 1. The van der Waals surface area contributed by atoms with Gasteiger partial charge in [-0.3, -0.25) is 4.79 Å². The van der Waals surface area contributed by atoms with Crippen molar-refractivity contribution < 1.29 is 13.6 Å². The molecule has 18 heavy (non-hydrogen) atoms. The molecule has 0 bridgehead atoms. The van der Waals surface area contributed by atoms with Gasteiger partial charge in [-0.25, -0.2) is 8.78 Å². The highest BCUT2D eigenvalue weighted by Crippen LogP contribution is 2.24. The zero-order chi connectivity index (χ0) is 13.5. The predicted octanol–water partition coefficient (Wildman–Crippen LogP) is 3.46. The van der Waals surface area contributed by atoms with E-state index in [0.717, 1.165) is 31.7 Å². The molecule has 0 saturated heterocycles. The van der Waals surface area contributed by atoms with E-state index in [1.807, 2.05) is 0 Å². The molecule has 1 rings (SSSR count). The molecule has 100 valence electrons. The minimum Gasteiger partial charge on any atom is -0.397 e. The van der Waals surface area contributed by atoms with Crippen LogP contribution in [0.1, 0.15) is 39.0 Å². The van der Waals surface area contributed by atoms with Gasteiger partial charge in [-0.1, -0.05) is 26.2 Å². The maximum Gasteiger partial charge on any atom is 0.224 e. The summed E-state index contributed by atoms with van der Waals surface area (Å²) in [6.45, 7) is 2.07. The van der Waals surface area contributed by atoms with Gasteiger partial charge in [-0.2, -0.15) is 0 Å². The summed E-state index contributed by atoms with van der Waals surface area (Å²) in [5.41, 5.74) is 5.25. The van der Waals surface area contributed by atoms with Crippen LogP contribution in [0.4, 0.5) is 20.2 Å². The highest BCUT2D eigenvalue weighted by Gasteiger charge is 2.14. The minimum absolute atomic E-state index is 0.0239. The fraction of sp³-hybridized carbons (Fsp3) is 0.462. The number of nitrogens with one attached hydrogen (secondary N) is 1. The van der Waals surface area contributed by atoms with Gasteiger partial charge < -0.3 is 11.1 Å². The van der Waals surface area contributed by atoms with Crippen LogP contribution in [0.5, 0.6) is 0 Å². The van der Waals surface area contributed by atoms with Crippen molar-refractivity contribution in [3.05, 3.63) is 23.8 Å². The van der Waals surface area contributed by atoms with Crippen molar-refractivity contribution in [2.75, 3.05) is 11.1 Å². The number of hydrogen-bond donors (Lipinski definition) is 2. The maximum absolute atomic E-state index is 13.4. The smallest absolute Gasteiger partial charge is 0.224 e. The lowest BCUT2D eigenvalue weighted by Gasteiger charge is -2.09. The van der Waals surface area contributed by atoms with E-state index in [-0.39, 0.29) is 23.7 Å². The number of carbonyl (C=O) groups is 1. The monoisotopic (exact) mass is 256 g/mol. The first-order chi connectivity index (χ1) is 8.56. The second-order valence-corrected chi connectivity index (χ2v) is 4.18. The number of halogens is 2. The Morgan fingerprint density at radius 2 is 2.00 bits per heavy atom. The molecule has 3 N–H and O–H groups in total. The van der Waals surface area contributed by atoms with Crippen molar-refractivity contribution in [3.8, 4) is 0 Å². The van der Waals surface area contributed by atoms with Gasteiger partial charge in [0, 0.05) is 6.42 Å². The molecular formula is C13H18F2N2O. The van der Waals surface area contributed by atoms with Gasteiger partial charge in [0.25, 0.3) is 0 Å². The third-order valence-corrected chi connectivity index (χ3v) is 2.65. The number of benzene rings is 1. The number of rotatable bonds is 6. The van der Waals surface area contributed by atoms with Crippen molar-refractivity contribution in [1.29, 1.82) is 0 Å². The van der Waals surface area contributed by atoms with Crippen molar-refractivity contribution in [2.45, 2.75) is 39.0 Å². The van der Waals surface area contributed by atoms with Gasteiger partial charge in [-0.15, -0.1) is 0 Å². The first kappa shape index (κ1) is 14.4. The number of hydrogen-bond acceptors (Lipinski definition) is 2. The van der Waals surface area contributed by atoms with Gasteiger partial charge in [0.05, 0.1) is 5.69 Å². The molecule has 1 aromatic carbocycles. The van der Waals surface area contributed by atoms with Gasteiger partial charge in [0.15, 0.2) is 11.6 Å². The molecule has 0 saturated carbocycles. The van der Waals surface area contributed by atoms with Crippen LogP contribution < -0.4 is 11.1 Å². The average molecular weight is 256 g/mol. The van der Waals surface area contributed by atoms with E-state index < -0.39 is 11.6 Å². The Labute approximate surface area is 105 Å². The van der Waals surface area contributed by atoms with Crippen LogP contribution in [-0.4, -0.2) is 5.91 Å². The average Bonchev–Trinajstić information content (AvgIpc) is 2.35. The molecule has 0 spiro atoms. The molecular weight excluding hydrogens is 238 g/mol. The summed E-state index contributed by atoms with van der Waals surface area (Å²) < 4.78 is 26.4. The van der Waals surface area contributed by atoms with Gasteiger partial charge in [0.2, 0.25) is 5.91 Å². The Hall–Kier alpha value is -1.65. The molecule has 0 aliphatic carbocycles. The fourth-order valence-electron chi connectivity index (χ4n) is 1.61. The molecule has 0 unspecified atom stereocenters. The zero-order valence-electron chi connectivity index (χ0n) is 10.4. The van der Waals surface area contributed by atoms with Gasteiger partial charge >= 0.3 is 0 Å². The Balaban J connectivity index is 2.57. The lowest BCUT2D eigenvalue weighted by molar-refractivity contribution is -0.116. The molecule has 0 radical (unpaired) electrons. The highest BCUT2D eigenvalue weighted by molar-refractivity contribution is 5.93. The van der Waals surface area contributed by atoms with Crippen LogP contribution in [0.15, 0.2) is 12.1 Å². The normalized spacial score (nSPS) is 10.4. The molecule has 5 heteroatoms. The van der Waals surface area contributed by atoms with Crippen LogP contribution in [0.2, 0.25) is 0 Å². The summed E-state index contributed by atoms with van der Waals surface area (Å²) in [6, 6.07) is 2.16. The largest absolute Gasteiger partial charge is 0.397 e. The fourth-order valence-corrected chi connectivity index (χ4v) is 1.61. The molecule has 3 nitrogen and oxygen atoms in total. The molecule has 0 fully saturated rings. The van der Waals surface area contributed by atoms with E-state index in [1.54, 1.807) is 0 Å². The van der Waals surface area contributed by atoms with Crippen molar-refractivity contribution in [1.82, 2.24) is 0 Å². The SMILES string of the molecule is CCCCCCC(=O)Nc1c(N)ccc(F)c1F. The molecule has 0 aromatic heterocycles. The highest BCUT2D eigenvalue weighted by atomic mass is 19.2. The quantitative estimate of drug-likeness (QED) is 0.605. The standard InChI is InChI=1S/C13H18F2N2O/c1-2-3-4-5-6-11(18)17-13-10(16)8-7-9(14)12(13)15/h7-8H,2-6,16H2,1H3,(H,17,18). The number of nitrogens with two attached hydrogens (primary N) is 1. The van der Waals surface area contributed by atoms with Crippen LogP contribution in [0, 0.1) is 11.6 Å². The summed E-state index contributed by atoms with van der Waals surface area (Å²) in [5.74, 6) is -2.48. The number of anilines is 2. The second kappa shape index (κ2) is 6.93. The lowest BCUT2D eigenvalue weighted by atomic mass is 10.1. The van der Waals surface area contributed by atoms with Crippen LogP contribution in [-0.2, 0) is 4.79 Å². The van der Waals surface area contributed by atoms with Gasteiger partial charge in [0.1, 0.15) is 5.69 Å². The summed E-state index contributed by atoms with van der Waals surface area (Å²) >= 11 is 0. The summed E-state index contributed by atoms with van der Waals surface area (Å²) in [6.07, 6.45) is 4.10. The van der Waals surface area contributed by atoms with E-state index in [9.17, 15) is 13.6 Å². The predicted molar refractivity (Wildman–Crippen MR) is 68.2 cm³/mol. The minimum atomic E-state index is -1.11. The van der Waals surface area contributed by atoms with Crippen LogP contribution >= 0.6 is 0 Å². The summed E-state index contributed by atoms with van der Waals surface area (Å²) in [5, 5.41) is 2.32. The number of unbranched alkanes of at least 4 members (excludes halogenated alkanes) is 3. The first-order valence-electron chi connectivity index (χ1n) is 6.09. The molecule has 1 aromatic rings. The van der Waals surface area contributed by atoms with Crippen LogP contribution in [0.3, 0.4) is 0 Å². The second-order valence-electron chi connectivity index (χ2n) is 4.18. The Morgan fingerprint density at radius 1 is 1.28 bits per heavy atom. The van der Waals surface area contributed by atoms with E-state index in [4.69, 9.17) is 5.73 Å². The Morgan fingerprint density at radius 3 is 2.67 bits per heavy atom. The molecule has 0 atom stereocenters. The molecule has 0 heterocycles. The summed E-state index contributed by atoms with van der Waals surface area (Å²) in [7, 11) is 0. The molecule has 1 amide bonds. The maximum atomic E-state index is 13.4. The number of nitrogen functional groups attached to an aromatic ring is 1. The zero-order valence-corrected chi connectivity index (χ0v) is 10.4. The lowest BCUT2D eigenvalue weighted by Crippen LogP contribution is -2.14. The topological polar surface area (TPSA) is 55.1 Å². The number of amides is 1. The Bertz CT molecular complexity index is 422. The molecule has 0 aliphatic heterocycles. The van der Waals surface area contributed by atoms with Crippen molar-refractivity contribution in [2.24, 2.45) is 0 Å². The van der Waals surface area contributed by atoms with E-state index in [0.29, 0.717) is 0 Å². The van der Waals surface area contributed by atoms with E-state index in [1.165, 1.54) is 6.07 Å². The van der Waals surface area contributed by atoms with Gasteiger partial charge in [-0.05, 0) is 18.6 Å². The Kier molecular flexibility index (Phi) is 5.55. The van der Waals surface area contributed by atoms with E-state index >= 15 is 0 Å². The molecule has 0 aliphatic rings. The summed E-state index contributed by atoms with van der Waals surface area (Å²) in [4.78, 5) is 11.5. The van der Waals surface area contributed by atoms with Crippen molar-refractivity contribution >= 4 is 17.3 Å². The first-order valence-corrected chi connectivity index (χ1v) is 6.09. The van der Waals surface area contributed by atoms with E-state index in [2.05, 4.69) is 12.2 Å². The third-order valence-electron chi connectivity index (χ3n) is 2.65. The third kappa shape index (κ3) is 3.98. The van der Waals surface area contributed by atoms with Crippen molar-refractivity contribution in [3.63, 3.8) is 0 Å².